The van der Waals surface area contributed by atoms with Crippen molar-refractivity contribution >= 4 is 0 Å². The zero-order chi connectivity index (χ0) is 10.2. The highest BCUT2D eigenvalue weighted by Crippen LogP contribution is 2.06. The molecule has 1 heterocycles. The Hall–Kier alpha value is -0.920. The number of aryl methyl sites for hydroxylation is 2. The van der Waals surface area contributed by atoms with Crippen LogP contribution < -0.4 is 0 Å². The van der Waals surface area contributed by atoms with Crippen LogP contribution in [-0.2, 0) is 6.42 Å². The van der Waals surface area contributed by atoms with Gasteiger partial charge in [0.15, 0.2) is 0 Å². The highest BCUT2D eigenvalue weighted by Gasteiger charge is 1.95. The first-order chi connectivity index (χ1) is 6.83. The third-order valence-corrected chi connectivity index (χ3v) is 2.37. The monoisotopic (exact) mass is 192 g/mol. The van der Waals surface area contributed by atoms with Crippen molar-refractivity contribution in [2.24, 2.45) is 0 Å². The maximum absolute atomic E-state index is 4.33. The van der Waals surface area contributed by atoms with Crippen molar-refractivity contribution in [2.45, 2.75) is 52.4 Å². The summed E-state index contributed by atoms with van der Waals surface area (Å²) >= 11 is 0. The van der Waals surface area contributed by atoms with E-state index in [2.05, 4.69) is 16.9 Å². The molecule has 0 spiro atoms. The summed E-state index contributed by atoms with van der Waals surface area (Å²) in [7, 11) is 0. The van der Waals surface area contributed by atoms with Crippen LogP contribution >= 0.6 is 0 Å². The maximum atomic E-state index is 4.33. The van der Waals surface area contributed by atoms with E-state index in [1.807, 2.05) is 19.3 Å². The smallest absolute Gasteiger partial charge is 0.0586 e. The lowest BCUT2D eigenvalue weighted by atomic mass is 10.1. The lowest BCUT2D eigenvalue weighted by Crippen LogP contribution is -1.93. The van der Waals surface area contributed by atoms with Crippen LogP contribution in [0.3, 0.4) is 0 Å². The first-order valence-electron chi connectivity index (χ1n) is 5.60. The summed E-state index contributed by atoms with van der Waals surface area (Å²) in [5.41, 5.74) is 2.13. The number of unbranched alkanes of at least 4 members (excludes halogenated alkanes) is 4. The van der Waals surface area contributed by atoms with Crippen LogP contribution in [0.2, 0.25) is 0 Å². The molecule has 1 aromatic rings. The molecule has 14 heavy (non-hydrogen) atoms. The molecule has 0 aromatic carbocycles. The Morgan fingerprint density at radius 3 is 2.43 bits per heavy atom. The summed E-state index contributed by atoms with van der Waals surface area (Å²) in [4.78, 5) is 8.57. The second kappa shape index (κ2) is 6.52. The van der Waals surface area contributed by atoms with Crippen molar-refractivity contribution in [3.63, 3.8) is 0 Å². The predicted molar refractivity (Wildman–Crippen MR) is 59.2 cm³/mol. The van der Waals surface area contributed by atoms with Crippen LogP contribution in [0.5, 0.6) is 0 Å². The van der Waals surface area contributed by atoms with E-state index >= 15 is 0 Å². The Kier molecular flexibility index (Phi) is 5.20. The topological polar surface area (TPSA) is 25.8 Å². The van der Waals surface area contributed by atoms with Gasteiger partial charge < -0.3 is 0 Å². The van der Waals surface area contributed by atoms with Crippen LogP contribution in [-0.4, -0.2) is 9.97 Å². The van der Waals surface area contributed by atoms with Crippen LogP contribution in [0.4, 0.5) is 0 Å². The van der Waals surface area contributed by atoms with Gasteiger partial charge in [0.1, 0.15) is 0 Å². The molecule has 0 bridgehead atoms. The Morgan fingerprint density at radius 1 is 1.00 bits per heavy atom. The molecule has 0 radical (unpaired) electrons. The largest absolute Gasteiger partial charge is 0.258 e. The van der Waals surface area contributed by atoms with E-state index in [0.29, 0.717) is 0 Å². The molecule has 0 N–H and O–H groups in total. The number of hydrogen-bond donors (Lipinski definition) is 0. The minimum absolute atomic E-state index is 1.000. The summed E-state index contributed by atoms with van der Waals surface area (Å²) in [6, 6.07) is 0. The second-order valence-electron chi connectivity index (χ2n) is 3.81. The van der Waals surface area contributed by atoms with E-state index in [-0.39, 0.29) is 0 Å². The molecule has 0 atom stereocenters. The molecule has 0 aliphatic carbocycles. The summed E-state index contributed by atoms with van der Waals surface area (Å²) in [6.07, 6.45) is 11.4. The van der Waals surface area contributed by atoms with Gasteiger partial charge in [-0.05, 0) is 19.8 Å². The van der Waals surface area contributed by atoms with Crippen LogP contribution in [0.15, 0.2) is 12.4 Å². The van der Waals surface area contributed by atoms with Gasteiger partial charge in [-0.15, -0.1) is 0 Å². The standard InChI is InChI=1S/C12H20N2/c1-3-4-5-6-7-8-12-10-13-11(2)9-14-12/h9-10H,3-8H2,1-2H3. The Balaban J connectivity index is 2.15. The molecule has 2 heteroatoms. The Morgan fingerprint density at radius 2 is 1.79 bits per heavy atom. The van der Waals surface area contributed by atoms with E-state index in [1.54, 1.807) is 0 Å². The van der Waals surface area contributed by atoms with Gasteiger partial charge in [0.25, 0.3) is 0 Å². The summed E-state index contributed by atoms with van der Waals surface area (Å²) in [5.74, 6) is 0. The van der Waals surface area contributed by atoms with Gasteiger partial charge in [-0.25, -0.2) is 0 Å². The van der Waals surface area contributed by atoms with Gasteiger partial charge >= 0.3 is 0 Å². The highest BCUT2D eigenvalue weighted by atomic mass is 14.8. The first-order valence-corrected chi connectivity index (χ1v) is 5.60. The lowest BCUT2D eigenvalue weighted by Gasteiger charge is -2.00. The SMILES string of the molecule is CCCCCCCc1cnc(C)cn1. The van der Waals surface area contributed by atoms with Crippen LogP contribution in [0.1, 0.15) is 50.4 Å². The van der Waals surface area contributed by atoms with Gasteiger partial charge in [0.2, 0.25) is 0 Å². The third-order valence-electron chi connectivity index (χ3n) is 2.37. The molecular weight excluding hydrogens is 172 g/mol. The van der Waals surface area contributed by atoms with Crippen molar-refractivity contribution in [3.8, 4) is 0 Å². The number of hydrogen-bond acceptors (Lipinski definition) is 2. The number of aromatic nitrogens is 2. The van der Waals surface area contributed by atoms with Crippen molar-refractivity contribution in [2.75, 3.05) is 0 Å². The lowest BCUT2D eigenvalue weighted by molar-refractivity contribution is 0.627. The van der Waals surface area contributed by atoms with Gasteiger partial charge in [0, 0.05) is 12.4 Å². The average Bonchev–Trinajstić information content (AvgIpc) is 2.21. The van der Waals surface area contributed by atoms with E-state index < -0.39 is 0 Å². The minimum atomic E-state index is 1.000. The molecule has 0 fully saturated rings. The molecule has 78 valence electrons. The fourth-order valence-electron chi connectivity index (χ4n) is 1.46. The molecule has 1 rings (SSSR count). The second-order valence-corrected chi connectivity index (χ2v) is 3.81. The Labute approximate surface area is 86.8 Å². The van der Waals surface area contributed by atoms with Crippen molar-refractivity contribution in [1.82, 2.24) is 9.97 Å². The molecule has 0 aliphatic heterocycles. The molecular formula is C12H20N2. The molecule has 0 amide bonds. The zero-order valence-electron chi connectivity index (χ0n) is 9.29. The van der Waals surface area contributed by atoms with Crippen LogP contribution in [0.25, 0.3) is 0 Å². The predicted octanol–water partition coefficient (Wildman–Crippen LogP) is 3.30. The zero-order valence-corrected chi connectivity index (χ0v) is 9.29. The summed E-state index contributed by atoms with van der Waals surface area (Å²) in [6.45, 7) is 4.21. The van der Waals surface area contributed by atoms with E-state index in [9.17, 15) is 0 Å². The normalized spacial score (nSPS) is 10.4. The van der Waals surface area contributed by atoms with Crippen LogP contribution in [0, 0.1) is 6.92 Å². The molecule has 1 aromatic heterocycles. The van der Waals surface area contributed by atoms with Gasteiger partial charge in [-0.2, -0.15) is 0 Å². The maximum Gasteiger partial charge on any atom is 0.0586 e. The fraction of sp³-hybridized carbons (Fsp3) is 0.667. The van der Waals surface area contributed by atoms with Gasteiger partial charge in [0.05, 0.1) is 11.4 Å². The first kappa shape index (κ1) is 11.2. The molecule has 2 nitrogen and oxygen atoms in total. The summed E-state index contributed by atoms with van der Waals surface area (Å²) in [5, 5.41) is 0. The van der Waals surface area contributed by atoms with Gasteiger partial charge in [-0.3, -0.25) is 9.97 Å². The number of rotatable bonds is 6. The average molecular weight is 192 g/mol. The van der Waals surface area contributed by atoms with Gasteiger partial charge in [-0.1, -0.05) is 32.6 Å². The van der Waals surface area contributed by atoms with E-state index in [1.165, 1.54) is 32.1 Å². The molecule has 0 saturated heterocycles. The quantitative estimate of drug-likeness (QED) is 0.646. The minimum Gasteiger partial charge on any atom is -0.258 e. The highest BCUT2D eigenvalue weighted by molar-refractivity contribution is 5.00. The Bertz CT molecular complexity index is 241. The third kappa shape index (κ3) is 4.35. The summed E-state index contributed by atoms with van der Waals surface area (Å²) < 4.78 is 0. The molecule has 0 saturated carbocycles. The molecule has 0 aliphatic rings. The van der Waals surface area contributed by atoms with E-state index in [0.717, 1.165) is 17.8 Å². The molecule has 0 unspecified atom stereocenters. The number of nitrogens with zero attached hydrogens (tertiary/aromatic N) is 2. The van der Waals surface area contributed by atoms with Crippen molar-refractivity contribution in [1.29, 1.82) is 0 Å². The van der Waals surface area contributed by atoms with E-state index in [4.69, 9.17) is 0 Å². The van der Waals surface area contributed by atoms with Crippen molar-refractivity contribution in [3.05, 3.63) is 23.8 Å². The fourth-order valence-corrected chi connectivity index (χ4v) is 1.46. The van der Waals surface area contributed by atoms with Crippen molar-refractivity contribution < 1.29 is 0 Å².